The van der Waals surface area contributed by atoms with Crippen LogP contribution in [0.5, 0.6) is 17.2 Å². The maximum Gasteiger partial charge on any atom is 0.323 e. The molecule has 0 bridgehead atoms. The van der Waals surface area contributed by atoms with Crippen molar-refractivity contribution in [3.05, 3.63) is 41.4 Å². The van der Waals surface area contributed by atoms with Gasteiger partial charge in [0.05, 0.1) is 37.7 Å². The van der Waals surface area contributed by atoms with Crippen molar-refractivity contribution in [2.75, 3.05) is 32.0 Å². The highest BCUT2D eigenvalue weighted by Gasteiger charge is 2.13. The number of carbonyl (C=O) groups is 1. The van der Waals surface area contributed by atoms with Crippen LogP contribution >= 0.6 is 11.6 Å². The SMILES string of the molecule is COc1cc(NC(=O)Nc2ccccc2OC)c(OC)cc1Cl. The van der Waals surface area contributed by atoms with Crippen molar-refractivity contribution < 1.29 is 19.0 Å². The van der Waals surface area contributed by atoms with Crippen LogP contribution in [0.2, 0.25) is 5.02 Å². The van der Waals surface area contributed by atoms with Gasteiger partial charge in [-0.1, -0.05) is 23.7 Å². The number of carbonyl (C=O) groups excluding carboxylic acids is 1. The largest absolute Gasteiger partial charge is 0.495 e. The number of hydrogen-bond donors (Lipinski definition) is 2. The van der Waals surface area contributed by atoms with E-state index in [0.717, 1.165) is 0 Å². The van der Waals surface area contributed by atoms with Gasteiger partial charge in [0.25, 0.3) is 0 Å². The minimum atomic E-state index is -0.447. The van der Waals surface area contributed by atoms with Gasteiger partial charge in [-0.15, -0.1) is 0 Å². The monoisotopic (exact) mass is 336 g/mol. The fraction of sp³-hybridized carbons (Fsp3) is 0.188. The molecule has 6 nitrogen and oxygen atoms in total. The third-order valence-electron chi connectivity index (χ3n) is 3.08. The molecule has 0 spiro atoms. The molecule has 0 saturated heterocycles. The number of benzene rings is 2. The predicted molar refractivity (Wildman–Crippen MR) is 90.2 cm³/mol. The number of methoxy groups -OCH3 is 3. The van der Waals surface area contributed by atoms with Gasteiger partial charge in [0.2, 0.25) is 0 Å². The lowest BCUT2D eigenvalue weighted by Gasteiger charge is -2.14. The van der Waals surface area contributed by atoms with E-state index >= 15 is 0 Å². The zero-order valence-electron chi connectivity index (χ0n) is 13.0. The first-order valence-corrected chi connectivity index (χ1v) is 7.09. The van der Waals surface area contributed by atoms with E-state index < -0.39 is 6.03 Å². The Morgan fingerprint density at radius 2 is 1.48 bits per heavy atom. The van der Waals surface area contributed by atoms with Crippen LogP contribution in [0.3, 0.4) is 0 Å². The summed E-state index contributed by atoms with van der Waals surface area (Å²) in [5, 5.41) is 5.79. The predicted octanol–water partition coefficient (Wildman–Crippen LogP) is 4.01. The van der Waals surface area contributed by atoms with Gasteiger partial charge in [0.15, 0.2) is 0 Å². The smallest absolute Gasteiger partial charge is 0.323 e. The number of ether oxygens (including phenoxy) is 3. The Hall–Kier alpha value is -2.60. The van der Waals surface area contributed by atoms with Crippen molar-refractivity contribution in [1.82, 2.24) is 0 Å². The molecule has 2 aromatic rings. The fourth-order valence-electron chi connectivity index (χ4n) is 1.98. The van der Waals surface area contributed by atoms with Crippen LogP contribution in [0.4, 0.5) is 16.2 Å². The molecule has 0 heterocycles. The van der Waals surface area contributed by atoms with Crippen LogP contribution < -0.4 is 24.8 Å². The van der Waals surface area contributed by atoms with Crippen LogP contribution in [0, 0.1) is 0 Å². The van der Waals surface area contributed by atoms with Crippen LogP contribution in [-0.2, 0) is 0 Å². The van der Waals surface area contributed by atoms with E-state index in [2.05, 4.69) is 10.6 Å². The molecule has 0 aromatic heterocycles. The highest BCUT2D eigenvalue weighted by atomic mass is 35.5. The summed E-state index contributed by atoms with van der Waals surface area (Å²) in [4.78, 5) is 12.2. The second-order valence-electron chi connectivity index (χ2n) is 4.47. The van der Waals surface area contributed by atoms with Gasteiger partial charge < -0.3 is 24.8 Å². The molecule has 0 aliphatic heterocycles. The van der Waals surface area contributed by atoms with Gasteiger partial charge >= 0.3 is 6.03 Å². The normalized spacial score (nSPS) is 9.91. The molecule has 2 rings (SSSR count). The fourth-order valence-corrected chi connectivity index (χ4v) is 2.21. The standard InChI is InChI=1S/C16H17ClN2O4/c1-21-13-7-5-4-6-11(13)18-16(20)19-12-9-14(22-2)10(17)8-15(12)23-3/h4-9H,1-3H3,(H2,18,19,20). The zero-order chi connectivity index (χ0) is 16.8. The Balaban J connectivity index is 2.20. The molecule has 2 N–H and O–H groups in total. The zero-order valence-corrected chi connectivity index (χ0v) is 13.7. The van der Waals surface area contributed by atoms with Gasteiger partial charge in [-0.3, -0.25) is 0 Å². The summed E-state index contributed by atoms with van der Waals surface area (Å²) < 4.78 is 15.5. The van der Waals surface area contributed by atoms with E-state index in [0.29, 0.717) is 33.6 Å². The molecule has 23 heavy (non-hydrogen) atoms. The average molecular weight is 337 g/mol. The second-order valence-corrected chi connectivity index (χ2v) is 4.87. The van der Waals surface area contributed by atoms with Crippen molar-refractivity contribution in [3.63, 3.8) is 0 Å². The molecular weight excluding hydrogens is 320 g/mol. The summed E-state index contributed by atoms with van der Waals surface area (Å²) in [7, 11) is 4.51. The Morgan fingerprint density at radius 1 is 0.870 bits per heavy atom. The van der Waals surface area contributed by atoms with Crippen LogP contribution in [0.1, 0.15) is 0 Å². The minimum absolute atomic E-state index is 0.389. The first-order valence-electron chi connectivity index (χ1n) is 6.71. The second kappa shape index (κ2) is 7.60. The van der Waals surface area contributed by atoms with E-state index in [1.54, 1.807) is 30.3 Å². The number of amides is 2. The lowest BCUT2D eigenvalue weighted by atomic mass is 10.2. The number of halogens is 1. The first-order chi connectivity index (χ1) is 11.1. The van der Waals surface area contributed by atoms with E-state index in [1.807, 2.05) is 6.07 Å². The lowest BCUT2D eigenvalue weighted by molar-refractivity contribution is 0.262. The van der Waals surface area contributed by atoms with Gasteiger partial charge in [0, 0.05) is 12.1 Å². The Morgan fingerprint density at radius 3 is 2.13 bits per heavy atom. The van der Waals surface area contributed by atoms with Gasteiger partial charge in [-0.05, 0) is 12.1 Å². The molecule has 2 amide bonds. The van der Waals surface area contributed by atoms with Gasteiger partial charge in [0.1, 0.15) is 17.2 Å². The molecule has 0 atom stereocenters. The third kappa shape index (κ3) is 3.98. The summed E-state index contributed by atoms with van der Waals surface area (Å²) in [5.74, 6) is 1.41. The Labute approximate surface area is 139 Å². The van der Waals surface area contributed by atoms with Gasteiger partial charge in [-0.2, -0.15) is 0 Å². The maximum absolute atomic E-state index is 12.2. The number of urea groups is 1. The van der Waals surface area contributed by atoms with Crippen molar-refractivity contribution >= 4 is 29.0 Å². The summed E-state index contributed by atoms with van der Waals surface area (Å²) in [6.07, 6.45) is 0. The molecule has 0 fully saturated rings. The van der Waals surface area contributed by atoms with Crippen molar-refractivity contribution in [2.24, 2.45) is 0 Å². The van der Waals surface area contributed by atoms with E-state index in [-0.39, 0.29) is 0 Å². The minimum Gasteiger partial charge on any atom is -0.495 e. The van der Waals surface area contributed by atoms with Gasteiger partial charge in [-0.25, -0.2) is 4.79 Å². The summed E-state index contributed by atoms with van der Waals surface area (Å²) >= 11 is 6.04. The average Bonchev–Trinajstić information content (AvgIpc) is 2.56. The van der Waals surface area contributed by atoms with Crippen LogP contribution in [0.25, 0.3) is 0 Å². The number of para-hydroxylation sites is 2. The highest BCUT2D eigenvalue weighted by Crippen LogP contribution is 2.36. The quantitative estimate of drug-likeness (QED) is 0.865. The maximum atomic E-state index is 12.2. The van der Waals surface area contributed by atoms with E-state index in [4.69, 9.17) is 25.8 Å². The molecule has 122 valence electrons. The number of hydrogen-bond acceptors (Lipinski definition) is 4. The van der Waals surface area contributed by atoms with E-state index in [9.17, 15) is 4.79 Å². The van der Waals surface area contributed by atoms with Crippen LogP contribution in [-0.4, -0.2) is 27.4 Å². The highest BCUT2D eigenvalue weighted by molar-refractivity contribution is 6.32. The lowest BCUT2D eigenvalue weighted by Crippen LogP contribution is -2.20. The molecule has 0 unspecified atom stereocenters. The third-order valence-corrected chi connectivity index (χ3v) is 3.37. The summed E-state index contributed by atoms with van der Waals surface area (Å²) in [6, 6.07) is 9.80. The molecule has 7 heteroatoms. The van der Waals surface area contributed by atoms with Crippen molar-refractivity contribution in [2.45, 2.75) is 0 Å². The molecular formula is C16H17ClN2O4. The van der Waals surface area contributed by atoms with Crippen molar-refractivity contribution in [1.29, 1.82) is 0 Å². The Bertz CT molecular complexity index is 706. The summed E-state index contributed by atoms with van der Waals surface area (Å²) in [5.41, 5.74) is 0.980. The number of rotatable bonds is 5. The number of nitrogens with one attached hydrogen (secondary N) is 2. The molecule has 0 radical (unpaired) electrons. The first kappa shape index (κ1) is 16.8. The Kier molecular flexibility index (Phi) is 5.54. The van der Waals surface area contributed by atoms with E-state index in [1.165, 1.54) is 21.3 Å². The summed E-state index contributed by atoms with van der Waals surface area (Å²) in [6.45, 7) is 0. The van der Waals surface area contributed by atoms with Crippen molar-refractivity contribution in [3.8, 4) is 17.2 Å². The molecule has 0 saturated carbocycles. The molecule has 0 aliphatic carbocycles. The van der Waals surface area contributed by atoms with Crippen LogP contribution in [0.15, 0.2) is 36.4 Å². The topological polar surface area (TPSA) is 68.8 Å². The molecule has 2 aromatic carbocycles. The number of anilines is 2. The molecule has 0 aliphatic rings.